The van der Waals surface area contributed by atoms with E-state index in [1.807, 2.05) is 110 Å². The van der Waals surface area contributed by atoms with Crippen LogP contribution in [0.2, 0.25) is 0 Å². The molecule has 0 aliphatic carbocycles. The van der Waals surface area contributed by atoms with Crippen molar-refractivity contribution in [2.45, 2.75) is 32.4 Å². The number of anilines is 1. The van der Waals surface area contributed by atoms with E-state index in [1.54, 1.807) is 23.2 Å². The Hall–Kier alpha value is -5.21. The number of aromatic nitrogens is 1. The fraction of sp³-hybridized carbons (Fsp3) is 0.216. The number of carbonyl (C=O) groups excluding carboxylic acids is 3. The Labute approximate surface area is 263 Å². The van der Waals surface area contributed by atoms with E-state index in [-0.39, 0.29) is 11.8 Å². The molecule has 2 amide bonds. The summed E-state index contributed by atoms with van der Waals surface area (Å²) in [7, 11) is 3.63. The molecular formula is C37H38N4O4. The highest BCUT2D eigenvalue weighted by molar-refractivity contribution is 6.07. The Kier molecular flexibility index (Phi) is 10.1. The van der Waals surface area contributed by atoms with Crippen LogP contribution >= 0.6 is 0 Å². The number of hydrazine groups is 1. The molecule has 45 heavy (non-hydrogen) atoms. The van der Waals surface area contributed by atoms with Crippen molar-refractivity contribution in [3.63, 3.8) is 0 Å². The first-order chi connectivity index (χ1) is 21.9. The highest BCUT2D eigenvalue weighted by Crippen LogP contribution is 2.29. The number of aryl methyl sites for hydroxylation is 1. The van der Waals surface area contributed by atoms with Gasteiger partial charge in [0.25, 0.3) is 11.8 Å². The van der Waals surface area contributed by atoms with E-state index in [0.717, 1.165) is 35.6 Å². The predicted molar refractivity (Wildman–Crippen MR) is 177 cm³/mol. The molecule has 4 aromatic carbocycles. The third kappa shape index (κ3) is 7.13. The van der Waals surface area contributed by atoms with E-state index >= 15 is 0 Å². The van der Waals surface area contributed by atoms with Gasteiger partial charge in [-0.25, -0.2) is 5.01 Å². The first kappa shape index (κ1) is 31.2. The van der Waals surface area contributed by atoms with E-state index in [4.69, 9.17) is 4.74 Å². The number of hydrogen-bond acceptors (Lipinski definition) is 5. The topological polar surface area (TPSA) is 83.9 Å². The van der Waals surface area contributed by atoms with Gasteiger partial charge in [-0.1, -0.05) is 86.1 Å². The number of unbranched alkanes of at least 4 members (excludes halogenated alkanes) is 1. The zero-order valence-corrected chi connectivity index (χ0v) is 25.9. The summed E-state index contributed by atoms with van der Waals surface area (Å²) in [5, 5.41) is 7.06. The van der Waals surface area contributed by atoms with Gasteiger partial charge >= 0.3 is 0 Å². The average Bonchev–Trinajstić information content (AvgIpc) is 3.39. The lowest BCUT2D eigenvalue weighted by Gasteiger charge is -2.36. The number of amides is 2. The standard InChI is InChI=1S/C37H38N4O4/c1-4-5-22-45-35-19-13-12-18-31(35)36(43)38-30-20-21-32-29(23-30)24-33(40(32)3)37(44)41(34(26-42)28-16-10-7-11-17-28)39(2)25-27-14-8-6-9-15-27/h6-21,23-24,26,34H,4-5,22,25H2,1-3H3,(H,38,43)/t34-/m1/s1. The molecule has 0 saturated carbocycles. The number of rotatable bonds is 13. The van der Waals surface area contributed by atoms with Gasteiger partial charge in [0.05, 0.1) is 12.2 Å². The Bertz CT molecular complexity index is 1770. The number of benzene rings is 4. The molecule has 0 saturated heterocycles. The zero-order chi connectivity index (χ0) is 31.8. The largest absolute Gasteiger partial charge is 0.493 e. The first-order valence-electron chi connectivity index (χ1n) is 15.1. The van der Waals surface area contributed by atoms with E-state index in [9.17, 15) is 14.4 Å². The average molecular weight is 603 g/mol. The van der Waals surface area contributed by atoms with Crippen molar-refractivity contribution in [1.29, 1.82) is 0 Å². The number of nitrogens with zero attached hydrogens (tertiary/aromatic N) is 3. The van der Waals surface area contributed by atoms with Crippen LogP contribution in [0, 0.1) is 0 Å². The van der Waals surface area contributed by atoms with Crippen molar-refractivity contribution in [2.24, 2.45) is 7.05 Å². The Morgan fingerprint density at radius 3 is 2.31 bits per heavy atom. The third-order valence-electron chi connectivity index (χ3n) is 7.77. The fourth-order valence-corrected chi connectivity index (χ4v) is 5.40. The number of fused-ring (bicyclic) bond motifs is 1. The van der Waals surface area contributed by atoms with Crippen LogP contribution in [0.4, 0.5) is 5.69 Å². The summed E-state index contributed by atoms with van der Waals surface area (Å²) < 4.78 is 7.67. The van der Waals surface area contributed by atoms with Gasteiger partial charge in [-0.3, -0.25) is 14.6 Å². The summed E-state index contributed by atoms with van der Waals surface area (Å²) in [5.74, 6) is -0.0594. The van der Waals surface area contributed by atoms with Crippen LogP contribution in [-0.2, 0) is 18.4 Å². The number of ether oxygens (including phenoxy) is 1. The molecule has 230 valence electrons. The first-order valence-corrected chi connectivity index (χ1v) is 15.1. The number of nitrogens with one attached hydrogen (secondary N) is 1. The van der Waals surface area contributed by atoms with Crippen molar-refractivity contribution in [2.75, 3.05) is 19.0 Å². The molecule has 1 atom stereocenters. The molecule has 0 radical (unpaired) electrons. The molecule has 0 bridgehead atoms. The number of para-hydroxylation sites is 1. The Morgan fingerprint density at radius 1 is 0.911 bits per heavy atom. The van der Waals surface area contributed by atoms with Crippen LogP contribution in [0.3, 0.4) is 0 Å². The number of hydrogen-bond donors (Lipinski definition) is 1. The summed E-state index contributed by atoms with van der Waals surface area (Å²) in [6.45, 7) is 3.05. The van der Waals surface area contributed by atoms with Crippen molar-refractivity contribution < 1.29 is 19.1 Å². The number of carbonyl (C=O) groups is 3. The maximum Gasteiger partial charge on any atom is 0.285 e. The summed E-state index contributed by atoms with van der Waals surface area (Å²) in [5.41, 5.74) is 3.98. The second kappa shape index (κ2) is 14.5. The summed E-state index contributed by atoms with van der Waals surface area (Å²) in [6, 6.07) is 32.8. The van der Waals surface area contributed by atoms with Gasteiger partial charge in [0.15, 0.2) is 0 Å². The molecule has 8 heteroatoms. The van der Waals surface area contributed by atoms with Gasteiger partial charge in [0.2, 0.25) is 0 Å². The Morgan fingerprint density at radius 2 is 1.60 bits per heavy atom. The van der Waals surface area contributed by atoms with E-state index in [2.05, 4.69) is 12.2 Å². The molecule has 1 aromatic heterocycles. The summed E-state index contributed by atoms with van der Waals surface area (Å²) >= 11 is 0. The minimum atomic E-state index is -0.833. The summed E-state index contributed by atoms with van der Waals surface area (Å²) in [6.07, 6.45) is 2.70. The molecule has 5 aromatic rings. The molecule has 0 fully saturated rings. The van der Waals surface area contributed by atoms with Crippen molar-refractivity contribution in [3.05, 3.63) is 132 Å². The minimum absolute atomic E-state index is 0.279. The van der Waals surface area contributed by atoms with Crippen molar-refractivity contribution >= 4 is 34.7 Å². The quantitative estimate of drug-likeness (QED) is 0.0888. The van der Waals surface area contributed by atoms with Gasteiger partial charge < -0.3 is 19.4 Å². The van der Waals surface area contributed by atoms with Crippen LogP contribution in [0.15, 0.2) is 109 Å². The van der Waals surface area contributed by atoms with E-state index in [0.29, 0.717) is 41.4 Å². The SMILES string of the molecule is CCCCOc1ccccc1C(=O)Nc1ccc2c(c1)cc(C(=O)N([C@H](C=O)c1ccccc1)N(C)Cc1ccccc1)n2C. The highest BCUT2D eigenvalue weighted by Gasteiger charge is 2.31. The summed E-state index contributed by atoms with van der Waals surface area (Å²) in [4.78, 5) is 40.2. The molecule has 1 heterocycles. The van der Waals surface area contributed by atoms with Crippen LogP contribution in [-0.4, -0.2) is 46.3 Å². The number of aldehydes is 1. The van der Waals surface area contributed by atoms with Crippen molar-refractivity contribution in [1.82, 2.24) is 14.6 Å². The van der Waals surface area contributed by atoms with Crippen LogP contribution in [0.25, 0.3) is 10.9 Å². The second-order valence-electron chi connectivity index (χ2n) is 11.0. The molecule has 8 nitrogen and oxygen atoms in total. The van der Waals surface area contributed by atoms with E-state index in [1.165, 1.54) is 5.01 Å². The minimum Gasteiger partial charge on any atom is -0.493 e. The smallest absolute Gasteiger partial charge is 0.285 e. The third-order valence-corrected chi connectivity index (χ3v) is 7.77. The van der Waals surface area contributed by atoms with Gasteiger partial charge in [-0.2, -0.15) is 0 Å². The molecular weight excluding hydrogens is 564 g/mol. The van der Waals surface area contributed by atoms with Crippen LogP contribution in [0.1, 0.15) is 57.8 Å². The predicted octanol–water partition coefficient (Wildman–Crippen LogP) is 7.04. The molecule has 0 aliphatic rings. The van der Waals surface area contributed by atoms with Gasteiger partial charge in [0, 0.05) is 37.2 Å². The molecule has 0 spiro atoms. The Balaban J connectivity index is 1.45. The van der Waals surface area contributed by atoms with Gasteiger partial charge in [0.1, 0.15) is 23.8 Å². The maximum atomic E-state index is 14.4. The van der Waals surface area contributed by atoms with Gasteiger partial charge in [-0.15, -0.1) is 0 Å². The molecule has 0 aliphatic heterocycles. The molecule has 0 unspecified atom stereocenters. The monoisotopic (exact) mass is 602 g/mol. The maximum absolute atomic E-state index is 14.4. The van der Waals surface area contributed by atoms with Crippen LogP contribution in [0.5, 0.6) is 5.75 Å². The lowest BCUT2D eigenvalue weighted by atomic mass is 10.1. The molecule has 1 N–H and O–H groups in total. The fourth-order valence-electron chi connectivity index (χ4n) is 5.40. The van der Waals surface area contributed by atoms with Gasteiger partial charge in [-0.05, 0) is 53.9 Å². The highest BCUT2D eigenvalue weighted by atomic mass is 16.5. The van der Waals surface area contributed by atoms with E-state index < -0.39 is 6.04 Å². The van der Waals surface area contributed by atoms with Crippen molar-refractivity contribution in [3.8, 4) is 5.75 Å². The molecule has 5 rings (SSSR count). The lowest BCUT2D eigenvalue weighted by molar-refractivity contribution is -0.118. The normalized spacial score (nSPS) is 11.7. The second-order valence-corrected chi connectivity index (χ2v) is 11.0. The van der Waals surface area contributed by atoms with Crippen LogP contribution < -0.4 is 10.1 Å². The lowest BCUT2D eigenvalue weighted by Crippen LogP contribution is -2.47. The zero-order valence-electron chi connectivity index (χ0n) is 25.9.